The molecule has 0 aliphatic heterocycles. The lowest BCUT2D eigenvalue weighted by atomic mass is 10.0. The third-order valence-corrected chi connectivity index (χ3v) is 5.46. The molecule has 0 aliphatic rings. The van der Waals surface area contributed by atoms with Crippen molar-refractivity contribution < 1.29 is 29.1 Å². The van der Waals surface area contributed by atoms with Gasteiger partial charge in [0, 0.05) is 24.7 Å². The number of carboxylic acid groups (broad SMARTS) is 1. The molecule has 0 radical (unpaired) electrons. The van der Waals surface area contributed by atoms with E-state index in [1.165, 1.54) is 12.5 Å². The van der Waals surface area contributed by atoms with Crippen LogP contribution in [0.2, 0.25) is 0 Å². The summed E-state index contributed by atoms with van der Waals surface area (Å²) in [6.45, 7) is 3.79. The molecule has 0 saturated heterocycles. The molecule has 1 aromatic rings. The Labute approximate surface area is 209 Å². The molecule has 0 aromatic carbocycles. The third-order valence-electron chi connectivity index (χ3n) is 5.46. The van der Waals surface area contributed by atoms with E-state index in [0.717, 1.165) is 0 Å². The van der Waals surface area contributed by atoms with Crippen molar-refractivity contribution in [3.8, 4) is 0 Å². The quantitative estimate of drug-likeness (QED) is 0.106. The summed E-state index contributed by atoms with van der Waals surface area (Å²) in [7, 11) is 0. The summed E-state index contributed by atoms with van der Waals surface area (Å²) in [5.74, 6) is -4.20. The average Bonchev–Trinajstić information content (AvgIpc) is 3.32. The highest BCUT2D eigenvalue weighted by Gasteiger charge is 2.32. The van der Waals surface area contributed by atoms with E-state index in [9.17, 15) is 29.1 Å². The number of carboxylic acids is 1. The molecule has 0 spiro atoms. The minimum atomic E-state index is -1.20. The monoisotopic (exact) mass is 510 g/mol. The van der Waals surface area contributed by atoms with Gasteiger partial charge >= 0.3 is 5.97 Å². The second kappa shape index (κ2) is 15.5. The highest BCUT2D eigenvalue weighted by molar-refractivity contribution is 5.94. The van der Waals surface area contributed by atoms with Crippen molar-refractivity contribution >= 4 is 29.6 Å². The lowest BCUT2D eigenvalue weighted by Gasteiger charge is -2.27. The molecule has 1 aromatic heterocycles. The summed E-state index contributed by atoms with van der Waals surface area (Å²) in [6.07, 6.45) is 4.09. The highest BCUT2D eigenvalue weighted by Crippen LogP contribution is 2.08. The molecule has 36 heavy (non-hydrogen) atoms. The van der Waals surface area contributed by atoms with Crippen molar-refractivity contribution in [1.82, 2.24) is 25.9 Å². The molecule has 0 bridgehead atoms. The predicted molar refractivity (Wildman–Crippen MR) is 130 cm³/mol. The topological polar surface area (TPSA) is 248 Å². The number of rotatable bonds is 17. The van der Waals surface area contributed by atoms with Gasteiger partial charge in [0.2, 0.25) is 23.6 Å². The van der Waals surface area contributed by atoms with Crippen LogP contribution in [0.3, 0.4) is 0 Å². The molecule has 1 rings (SSSR count). The van der Waals surface area contributed by atoms with Crippen molar-refractivity contribution in [3.63, 3.8) is 0 Å². The lowest BCUT2D eigenvalue weighted by molar-refractivity contribution is -0.142. The number of aromatic nitrogens is 2. The number of aromatic amines is 1. The van der Waals surface area contributed by atoms with Crippen LogP contribution in [-0.4, -0.2) is 75.4 Å². The lowest BCUT2D eigenvalue weighted by Crippen LogP contribution is -2.59. The Morgan fingerprint density at radius 1 is 1.00 bits per heavy atom. The van der Waals surface area contributed by atoms with Crippen LogP contribution in [0.15, 0.2) is 12.5 Å². The smallest absolute Gasteiger partial charge is 0.326 e. The van der Waals surface area contributed by atoms with Gasteiger partial charge in [0.15, 0.2) is 0 Å². The second-order valence-electron chi connectivity index (χ2n) is 8.87. The fourth-order valence-electron chi connectivity index (χ4n) is 3.33. The van der Waals surface area contributed by atoms with Gasteiger partial charge in [0.05, 0.1) is 12.4 Å². The van der Waals surface area contributed by atoms with Crippen molar-refractivity contribution in [2.45, 2.75) is 76.5 Å². The predicted octanol–water partition coefficient (Wildman–Crippen LogP) is -2.13. The SMILES string of the molecule is CC(C)C(NC(=O)C(N)CCC(N)=O)C(=O)NC(Cc1cnc[nH]1)C(=O)NC(CCCCN)C(=O)O. The first-order valence-corrected chi connectivity index (χ1v) is 11.8. The van der Waals surface area contributed by atoms with Gasteiger partial charge in [-0.25, -0.2) is 9.78 Å². The molecule has 1 heterocycles. The zero-order chi connectivity index (χ0) is 27.3. The van der Waals surface area contributed by atoms with Crippen LogP contribution in [-0.2, 0) is 30.4 Å². The van der Waals surface area contributed by atoms with Crippen LogP contribution in [0.5, 0.6) is 0 Å². The Balaban J connectivity index is 2.98. The van der Waals surface area contributed by atoms with Gasteiger partial charge in [-0.05, 0) is 38.1 Å². The Kier molecular flexibility index (Phi) is 13.1. The number of aliphatic carboxylic acids is 1. The van der Waals surface area contributed by atoms with Crippen LogP contribution in [0.4, 0.5) is 0 Å². The molecule has 202 valence electrons. The van der Waals surface area contributed by atoms with E-state index in [1.54, 1.807) is 13.8 Å². The molecular formula is C22H38N8O6. The van der Waals surface area contributed by atoms with E-state index in [-0.39, 0.29) is 31.6 Å². The Morgan fingerprint density at radius 2 is 1.67 bits per heavy atom. The van der Waals surface area contributed by atoms with Crippen molar-refractivity contribution in [2.24, 2.45) is 23.1 Å². The van der Waals surface area contributed by atoms with E-state index in [1.807, 2.05) is 0 Å². The Hall–Kier alpha value is -3.52. The number of carbonyl (C=O) groups is 5. The Bertz CT molecular complexity index is 876. The van der Waals surface area contributed by atoms with E-state index in [4.69, 9.17) is 17.2 Å². The minimum Gasteiger partial charge on any atom is -0.480 e. The number of unbranched alkanes of at least 4 members (excludes halogenated alkanes) is 1. The van der Waals surface area contributed by atoms with Crippen LogP contribution >= 0.6 is 0 Å². The molecule has 0 aliphatic carbocycles. The number of hydrogen-bond donors (Lipinski definition) is 8. The molecule has 4 amide bonds. The van der Waals surface area contributed by atoms with E-state index in [2.05, 4.69) is 25.9 Å². The third kappa shape index (κ3) is 10.8. The van der Waals surface area contributed by atoms with Crippen molar-refractivity contribution in [2.75, 3.05) is 6.54 Å². The average molecular weight is 511 g/mol. The summed E-state index contributed by atoms with van der Waals surface area (Å²) < 4.78 is 0. The number of primary amides is 1. The maximum atomic E-state index is 13.1. The van der Waals surface area contributed by atoms with Gasteiger partial charge in [0.25, 0.3) is 0 Å². The number of hydrogen-bond acceptors (Lipinski definition) is 8. The maximum absolute atomic E-state index is 13.1. The first-order chi connectivity index (χ1) is 17.0. The maximum Gasteiger partial charge on any atom is 0.326 e. The molecule has 0 saturated carbocycles. The fourth-order valence-corrected chi connectivity index (χ4v) is 3.33. The number of H-pyrrole nitrogens is 1. The molecule has 4 atom stereocenters. The van der Waals surface area contributed by atoms with Crippen molar-refractivity contribution in [1.29, 1.82) is 0 Å². The summed E-state index contributed by atoms with van der Waals surface area (Å²) in [5, 5.41) is 17.1. The molecule has 11 N–H and O–H groups in total. The van der Waals surface area contributed by atoms with Crippen LogP contribution < -0.4 is 33.2 Å². The number of imidazole rings is 1. The standard InChI is InChI=1S/C22H38N8O6/c1-12(2)18(30-19(32)14(24)6-7-17(25)31)21(34)29-16(9-13-10-26-11-27-13)20(33)28-15(22(35)36)5-3-4-8-23/h10-12,14-16,18H,3-9,23-24H2,1-2H3,(H2,25,31)(H,26,27)(H,28,33)(H,29,34)(H,30,32)(H,35,36). The van der Waals surface area contributed by atoms with Gasteiger partial charge in [-0.3, -0.25) is 19.2 Å². The fraction of sp³-hybridized carbons (Fsp3) is 0.636. The first-order valence-electron chi connectivity index (χ1n) is 11.8. The van der Waals surface area contributed by atoms with Gasteiger partial charge in [-0.2, -0.15) is 0 Å². The Morgan fingerprint density at radius 3 is 2.19 bits per heavy atom. The zero-order valence-corrected chi connectivity index (χ0v) is 20.7. The number of carbonyl (C=O) groups excluding carboxylic acids is 4. The summed E-state index contributed by atoms with van der Waals surface area (Å²) >= 11 is 0. The summed E-state index contributed by atoms with van der Waals surface area (Å²) in [5.41, 5.74) is 16.9. The van der Waals surface area contributed by atoms with Gasteiger partial charge in [-0.15, -0.1) is 0 Å². The minimum absolute atomic E-state index is 0.00357. The number of nitrogens with two attached hydrogens (primary N) is 3. The van der Waals surface area contributed by atoms with Gasteiger partial charge < -0.3 is 43.2 Å². The largest absolute Gasteiger partial charge is 0.480 e. The van der Waals surface area contributed by atoms with Crippen LogP contribution in [0, 0.1) is 5.92 Å². The first kappa shape index (κ1) is 30.5. The van der Waals surface area contributed by atoms with Crippen LogP contribution in [0.25, 0.3) is 0 Å². The van der Waals surface area contributed by atoms with E-state index >= 15 is 0 Å². The van der Waals surface area contributed by atoms with Crippen molar-refractivity contribution in [3.05, 3.63) is 18.2 Å². The summed E-state index contributed by atoms with van der Waals surface area (Å²) in [6, 6.07) is -4.42. The van der Waals surface area contributed by atoms with Crippen LogP contribution in [0.1, 0.15) is 51.6 Å². The van der Waals surface area contributed by atoms with E-state index < -0.39 is 53.8 Å². The molecule has 4 unspecified atom stereocenters. The number of nitrogens with zero attached hydrogens (tertiary/aromatic N) is 1. The molecule has 14 heteroatoms. The number of nitrogens with one attached hydrogen (secondary N) is 4. The summed E-state index contributed by atoms with van der Waals surface area (Å²) in [4.78, 5) is 67.9. The highest BCUT2D eigenvalue weighted by atomic mass is 16.4. The van der Waals surface area contributed by atoms with Gasteiger partial charge in [0.1, 0.15) is 18.1 Å². The molecular weight excluding hydrogens is 472 g/mol. The normalized spacial score (nSPS) is 14.4. The molecule has 14 nitrogen and oxygen atoms in total. The van der Waals surface area contributed by atoms with Gasteiger partial charge in [-0.1, -0.05) is 13.8 Å². The molecule has 0 fully saturated rings. The van der Waals surface area contributed by atoms with E-state index in [0.29, 0.717) is 25.1 Å². The zero-order valence-electron chi connectivity index (χ0n) is 20.7. The second-order valence-corrected chi connectivity index (χ2v) is 8.87. The number of amides is 4.